The van der Waals surface area contributed by atoms with Gasteiger partial charge in [0.05, 0.1) is 5.41 Å². The first-order chi connectivity index (χ1) is 9.79. The molecule has 1 N–H and O–H groups in total. The molecule has 1 saturated heterocycles. The predicted molar refractivity (Wildman–Crippen MR) is 78.7 cm³/mol. The Balaban J connectivity index is 2.87. The number of nitrogens with zero attached hydrogens (tertiary/aromatic N) is 2. The number of hydrogen-bond acceptors (Lipinski definition) is 3. The van der Waals surface area contributed by atoms with Crippen LogP contribution in [0.5, 0.6) is 0 Å². The highest BCUT2D eigenvalue weighted by atomic mass is 16.4. The molecule has 1 rings (SSSR count). The quantitative estimate of drug-likeness (QED) is 0.803. The first-order valence-electron chi connectivity index (χ1n) is 7.53. The van der Waals surface area contributed by atoms with E-state index in [2.05, 4.69) is 0 Å². The first-order valence-corrected chi connectivity index (χ1v) is 7.53. The molecule has 0 aromatic rings. The minimum Gasteiger partial charge on any atom is -0.481 e. The third-order valence-corrected chi connectivity index (χ3v) is 4.60. The van der Waals surface area contributed by atoms with E-state index < -0.39 is 17.4 Å². The summed E-state index contributed by atoms with van der Waals surface area (Å²) in [7, 11) is 3.34. The summed E-state index contributed by atoms with van der Waals surface area (Å²) in [6.45, 7) is 4.11. The second-order valence-corrected chi connectivity index (χ2v) is 5.95. The molecule has 1 atom stereocenters. The van der Waals surface area contributed by atoms with E-state index in [9.17, 15) is 19.5 Å². The molecule has 1 aliphatic rings. The van der Waals surface area contributed by atoms with E-state index in [-0.39, 0.29) is 18.2 Å². The summed E-state index contributed by atoms with van der Waals surface area (Å²) < 4.78 is 0. The summed E-state index contributed by atoms with van der Waals surface area (Å²) in [5, 5.41) is 9.43. The molecule has 6 heteroatoms. The van der Waals surface area contributed by atoms with Gasteiger partial charge in [-0.3, -0.25) is 14.4 Å². The Hall–Kier alpha value is -1.59. The fourth-order valence-electron chi connectivity index (χ4n) is 2.89. The lowest BCUT2D eigenvalue weighted by molar-refractivity contribution is -0.155. The van der Waals surface area contributed by atoms with E-state index >= 15 is 0 Å². The molecule has 2 amide bonds. The Kier molecular flexibility index (Phi) is 5.75. The van der Waals surface area contributed by atoms with Gasteiger partial charge in [-0.25, -0.2) is 0 Å². The molecule has 1 unspecified atom stereocenters. The fraction of sp³-hybridized carbons (Fsp3) is 0.800. The third kappa shape index (κ3) is 3.54. The lowest BCUT2D eigenvalue weighted by Crippen LogP contribution is -2.47. The van der Waals surface area contributed by atoms with E-state index in [1.54, 1.807) is 32.8 Å². The van der Waals surface area contributed by atoms with Crippen molar-refractivity contribution in [2.45, 2.75) is 52.0 Å². The summed E-state index contributed by atoms with van der Waals surface area (Å²) in [6, 6.07) is -0.437. The van der Waals surface area contributed by atoms with E-state index in [0.29, 0.717) is 25.8 Å². The molecule has 0 spiro atoms. The Morgan fingerprint density at radius 2 is 1.81 bits per heavy atom. The van der Waals surface area contributed by atoms with Gasteiger partial charge in [-0.15, -0.1) is 0 Å². The maximum absolute atomic E-state index is 12.5. The summed E-state index contributed by atoms with van der Waals surface area (Å²) in [5.41, 5.74) is -1.02. The zero-order chi connectivity index (χ0) is 16.2. The molecular formula is C15H26N2O4. The van der Waals surface area contributed by atoms with Crippen LogP contribution in [0, 0.1) is 5.41 Å². The van der Waals surface area contributed by atoms with E-state index in [0.717, 1.165) is 6.42 Å². The maximum atomic E-state index is 12.5. The normalized spacial score (nSPS) is 18.7. The van der Waals surface area contributed by atoms with Crippen molar-refractivity contribution in [3.8, 4) is 0 Å². The van der Waals surface area contributed by atoms with Gasteiger partial charge in [0.1, 0.15) is 6.04 Å². The summed E-state index contributed by atoms with van der Waals surface area (Å²) in [6.07, 6.45) is 2.22. The summed E-state index contributed by atoms with van der Waals surface area (Å²) in [5.74, 6) is -1.25. The molecule has 0 aromatic carbocycles. The zero-order valence-corrected chi connectivity index (χ0v) is 13.4. The van der Waals surface area contributed by atoms with Crippen LogP contribution in [0.15, 0.2) is 0 Å². The van der Waals surface area contributed by atoms with Crippen LogP contribution in [-0.4, -0.2) is 59.4 Å². The molecule has 0 radical (unpaired) electrons. The van der Waals surface area contributed by atoms with Crippen molar-refractivity contribution in [3.63, 3.8) is 0 Å². The molecule has 21 heavy (non-hydrogen) atoms. The average Bonchev–Trinajstić information content (AvgIpc) is 2.92. The number of carboxylic acids is 1. The van der Waals surface area contributed by atoms with Crippen molar-refractivity contribution in [2.75, 3.05) is 20.6 Å². The van der Waals surface area contributed by atoms with Crippen LogP contribution in [-0.2, 0) is 14.4 Å². The van der Waals surface area contributed by atoms with Crippen LogP contribution < -0.4 is 0 Å². The summed E-state index contributed by atoms with van der Waals surface area (Å²) in [4.78, 5) is 39.2. The Morgan fingerprint density at radius 3 is 2.24 bits per heavy atom. The maximum Gasteiger partial charge on any atom is 0.310 e. The number of aliphatic carboxylic acids is 1. The standard InChI is InChI=1S/C15H26N2O4/c1-5-15(6-2,14(20)21)10-12(18)17-9-7-8-11(17)13(19)16(3)4/h11H,5-10H2,1-4H3,(H,20,21). The van der Waals surface area contributed by atoms with Crippen LogP contribution in [0.25, 0.3) is 0 Å². The third-order valence-electron chi connectivity index (χ3n) is 4.60. The summed E-state index contributed by atoms with van der Waals surface area (Å²) >= 11 is 0. The van der Waals surface area contributed by atoms with Gasteiger partial charge in [-0.2, -0.15) is 0 Å². The van der Waals surface area contributed by atoms with Gasteiger partial charge >= 0.3 is 5.97 Å². The largest absolute Gasteiger partial charge is 0.481 e. The van der Waals surface area contributed by atoms with Crippen molar-refractivity contribution in [3.05, 3.63) is 0 Å². The van der Waals surface area contributed by atoms with Crippen LogP contribution in [0.2, 0.25) is 0 Å². The minimum atomic E-state index is -1.02. The van der Waals surface area contributed by atoms with Gasteiger partial charge in [-0.05, 0) is 25.7 Å². The highest BCUT2D eigenvalue weighted by molar-refractivity contribution is 5.90. The van der Waals surface area contributed by atoms with Gasteiger partial charge in [0.25, 0.3) is 0 Å². The number of rotatable bonds is 6. The lowest BCUT2D eigenvalue weighted by Gasteiger charge is -2.31. The first kappa shape index (κ1) is 17.5. The molecule has 1 heterocycles. The van der Waals surface area contributed by atoms with Gasteiger partial charge in [-0.1, -0.05) is 13.8 Å². The Labute approximate surface area is 126 Å². The van der Waals surface area contributed by atoms with Crippen LogP contribution in [0.1, 0.15) is 46.0 Å². The SMILES string of the molecule is CCC(CC)(CC(=O)N1CCCC1C(=O)N(C)C)C(=O)O. The number of carbonyl (C=O) groups is 3. The molecule has 120 valence electrons. The number of likely N-dealkylation sites (N-methyl/N-ethyl adjacent to an activating group) is 1. The number of likely N-dealkylation sites (tertiary alicyclic amines) is 1. The zero-order valence-electron chi connectivity index (χ0n) is 13.4. The number of hydrogen-bond donors (Lipinski definition) is 1. The monoisotopic (exact) mass is 298 g/mol. The molecule has 1 fully saturated rings. The second kappa shape index (κ2) is 6.91. The second-order valence-electron chi connectivity index (χ2n) is 5.95. The topological polar surface area (TPSA) is 77.9 Å². The van der Waals surface area contributed by atoms with Gasteiger partial charge in [0.15, 0.2) is 0 Å². The molecule has 1 aliphatic heterocycles. The highest BCUT2D eigenvalue weighted by Crippen LogP contribution is 2.33. The van der Waals surface area contributed by atoms with E-state index in [1.807, 2.05) is 0 Å². The molecular weight excluding hydrogens is 272 g/mol. The predicted octanol–water partition coefficient (Wildman–Crippen LogP) is 1.35. The average molecular weight is 298 g/mol. The molecule has 0 bridgehead atoms. The van der Waals surface area contributed by atoms with Crippen molar-refractivity contribution >= 4 is 17.8 Å². The van der Waals surface area contributed by atoms with Crippen molar-refractivity contribution in [1.29, 1.82) is 0 Å². The Morgan fingerprint density at radius 1 is 1.24 bits per heavy atom. The van der Waals surface area contributed by atoms with Crippen LogP contribution >= 0.6 is 0 Å². The van der Waals surface area contributed by atoms with Crippen molar-refractivity contribution < 1.29 is 19.5 Å². The molecule has 0 saturated carbocycles. The van der Waals surface area contributed by atoms with E-state index in [4.69, 9.17) is 0 Å². The molecule has 0 aromatic heterocycles. The van der Waals surface area contributed by atoms with E-state index in [1.165, 1.54) is 4.90 Å². The highest BCUT2D eigenvalue weighted by Gasteiger charge is 2.42. The van der Waals surface area contributed by atoms with Gasteiger partial charge in [0, 0.05) is 27.1 Å². The number of carbonyl (C=O) groups excluding carboxylic acids is 2. The minimum absolute atomic E-state index is 0.0352. The van der Waals surface area contributed by atoms with Crippen LogP contribution in [0.3, 0.4) is 0 Å². The van der Waals surface area contributed by atoms with Crippen molar-refractivity contribution in [2.24, 2.45) is 5.41 Å². The number of amides is 2. The van der Waals surface area contributed by atoms with Crippen molar-refractivity contribution in [1.82, 2.24) is 9.80 Å². The smallest absolute Gasteiger partial charge is 0.310 e. The molecule has 0 aliphatic carbocycles. The molecule has 6 nitrogen and oxygen atoms in total. The van der Waals surface area contributed by atoms with Crippen LogP contribution in [0.4, 0.5) is 0 Å². The number of carboxylic acid groups (broad SMARTS) is 1. The lowest BCUT2D eigenvalue weighted by atomic mass is 9.79. The van der Waals surface area contributed by atoms with Gasteiger partial charge in [0.2, 0.25) is 11.8 Å². The van der Waals surface area contributed by atoms with Gasteiger partial charge < -0.3 is 14.9 Å². The fourth-order valence-corrected chi connectivity index (χ4v) is 2.89. The Bertz CT molecular complexity index is 416.